The van der Waals surface area contributed by atoms with Gasteiger partial charge in [-0.25, -0.2) is 13.4 Å². The van der Waals surface area contributed by atoms with E-state index in [4.69, 9.17) is 0 Å². The van der Waals surface area contributed by atoms with E-state index >= 15 is 0 Å². The average Bonchev–Trinajstić information content (AvgIpc) is 3.04. The first-order valence-electron chi connectivity index (χ1n) is 10.9. The number of hydrogen-bond donors (Lipinski definition) is 1. The highest BCUT2D eigenvalue weighted by molar-refractivity contribution is 7.89. The standard InChI is InChI=1S/C23H28N4O4S2/c1-14-9-15(2)11-27(10-14)33(30,31)19-7-5-18(6-8-19)25-20(28)12-26-13-24-22-21(23(26)29)16(3)17(4)32-22/h5-8,13-15H,9-12H2,1-4H3,(H,25,28). The Hall–Kier alpha value is -2.56. The number of carbonyl (C=O) groups is 1. The number of thiophene rings is 1. The zero-order chi connectivity index (χ0) is 23.9. The van der Waals surface area contributed by atoms with E-state index < -0.39 is 15.9 Å². The molecular weight excluding hydrogens is 460 g/mol. The van der Waals surface area contributed by atoms with Crippen molar-refractivity contribution < 1.29 is 13.2 Å². The molecule has 2 aromatic heterocycles. The zero-order valence-corrected chi connectivity index (χ0v) is 20.8. The minimum absolute atomic E-state index is 0.181. The van der Waals surface area contributed by atoms with Crippen LogP contribution in [0.25, 0.3) is 10.2 Å². The molecule has 0 aliphatic carbocycles. The van der Waals surface area contributed by atoms with Gasteiger partial charge in [-0.2, -0.15) is 4.31 Å². The van der Waals surface area contributed by atoms with Gasteiger partial charge in [0.25, 0.3) is 5.56 Å². The van der Waals surface area contributed by atoms with Crippen molar-refractivity contribution in [3.05, 3.63) is 51.4 Å². The molecule has 4 rings (SSSR count). The molecule has 2 atom stereocenters. The molecule has 0 radical (unpaired) electrons. The number of anilines is 1. The lowest BCUT2D eigenvalue weighted by Crippen LogP contribution is -2.42. The van der Waals surface area contributed by atoms with Crippen LogP contribution < -0.4 is 10.9 Å². The van der Waals surface area contributed by atoms with E-state index in [1.54, 1.807) is 16.4 Å². The number of nitrogens with one attached hydrogen (secondary N) is 1. The lowest BCUT2D eigenvalue weighted by Gasteiger charge is -2.34. The van der Waals surface area contributed by atoms with Crippen molar-refractivity contribution in [2.45, 2.75) is 45.6 Å². The van der Waals surface area contributed by atoms with Crippen molar-refractivity contribution >= 4 is 43.2 Å². The number of carbonyl (C=O) groups excluding carboxylic acids is 1. The molecule has 0 spiro atoms. The SMILES string of the molecule is Cc1sc2ncn(CC(=O)Nc3ccc(S(=O)(=O)N4CC(C)CC(C)C4)cc3)c(=O)c2c1C. The van der Waals surface area contributed by atoms with Crippen molar-refractivity contribution in [3.63, 3.8) is 0 Å². The van der Waals surface area contributed by atoms with Gasteiger partial charge in [-0.3, -0.25) is 14.2 Å². The first-order chi connectivity index (χ1) is 15.6. The Labute approximate surface area is 197 Å². The smallest absolute Gasteiger partial charge is 0.262 e. The molecule has 1 N–H and O–H groups in total. The molecule has 2 unspecified atom stereocenters. The van der Waals surface area contributed by atoms with Crippen LogP contribution in [0.4, 0.5) is 5.69 Å². The highest BCUT2D eigenvalue weighted by Gasteiger charge is 2.31. The van der Waals surface area contributed by atoms with Gasteiger partial charge in [0, 0.05) is 23.7 Å². The highest BCUT2D eigenvalue weighted by Crippen LogP contribution is 2.27. The highest BCUT2D eigenvalue weighted by atomic mass is 32.2. The lowest BCUT2D eigenvalue weighted by atomic mass is 9.94. The number of nitrogens with zero attached hydrogens (tertiary/aromatic N) is 3. The number of fused-ring (bicyclic) bond motifs is 1. The molecule has 0 bridgehead atoms. The van der Waals surface area contributed by atoms with Crippen LogP contribution in [0, 0.1) is 25.7 Å². The molecule has 3 heterocycles. The van der Waals surface area contributed by atoms with E-state index in [9.17, 15) is 18.0 Å². The number of piperidine rings is 1. The fourth-order valence-electron chi connectivity index (χ4n) is 4.40. The quantitative estimate of drug-likeness (QED) is 0.593. The van der Waals surface area contributed by atoms with Crippen LogP contribution in [0.3, 0.4) is 0 Å². The molecule has 1 fully saturated rings. The number of aryl methyl sites for hydroxylation is 2. The zero-order valence-electron chi connectivity index (χ0n) is 19.2. The Balaban J connectivity index is 1.47. The third-order valence-electron chi connectivity index (χ3n) is 6.08. The Kier molecular flexibility index (Phi) is 6.43. The second-order valence-corrected chi connectivity index (χ2v) is 12.1. The van der Waals surface area contributed by atoms with E-state index in [2.05, 4.69) is 24.1 Å². The summed E-state index contributed by atoms with van der Waals surface area (Å²) >= 11 is 1.46. The first kappa shape index (κ1) is 23.6. The van der Waals surface area contributed by atoms with Crippen molar-refractivity contribution in [2.24, 2.45) is 11.8 Å². The van der Waals surface area contributed by atoms with Gasteiger partial charge < -0.3 is 5.32 Å². The van der Waals surface area contributed by atoms with E-state index in [-0.39, 0.29) is 17.0 Å². The van der Waals surface area contributed by atoms with E-state index in [0.29, 0.717) is 40.8 Å². The maximum atomic E-state index is 13.0. The largest absolute Gasteiger partial charge is 0.325 e. The molecule has 1 saturated heterocycles. The average molecular weight is 489 g/mol. The van der Waals surface area contributed by atoms with Gasteiger partial charge in [-0.15, -0.1) is 11.3 Å². The van der Waals surface area contributed by atoms with Gasteiger partial charge in [0.05, 0.1) is 16.6 Å². The summed E-state index contributed by atoms with van der Waals surface area (Å²) in [6.45, 7) is 8.80. The summed E-state index contributed by atoms with van der Waals surface area (Å²) in [5.74, 6) is 0.249. The van der Waals surface area contributed by atoms with Gasteiger partial charge in [0.1, 0.15) is 11.4 Å². The van der Waals surface area contributed by atoms with E-state index in [1.165, 1.54) is 34.4 Å². The summed E-state index contributed by atoms with van der Waals surface area (Å²) in [5, 5.41) is 3.27. The van der Waals surface area contributed by atoms with Gasteiger partial charge >= 0.3 is 0 Å². The fourth-order valence-corrected chi connectivity index (χ4v) is 7.07. The third-order valence-corrected chi connectivity index (χ3v) is 9.04. The first-order valence-corrected chi connectivity index (χ1v) is 13.2. The molecule has 1 aliphatic heterocycles. The molecule has 8 nitrogen and oxygen atoms in total. The number of hydrogen-bond acceptors (Lipinski definition) is 6. The maximum absolute atomic E-state index is 13.0. The molecular formula is C23H28N4O4S2. The minimum atomic E-state index is -3.58. The van der Waals surface area contributed by atoms with Crippen LogP contribution in [0.5, 0.6) is 0 Å². The molecule has 1 aromatic carbocycles. The summed E-state index contributed by atoms with van der Waals surface area (Å²) in [4.78, 5) is 31.5. The Morgan fingerprint density at radius 3 is 2.42 bits per heavy atom. The summed E-state index contributed by atoms with van der Waals surface area (Å²) in [7, 11) is -3.58. The maximum Gasteiger partial charge on any atom is 0.262 e. The monoisotopic (exact) mass is 488 g/mol. The second kappa shape index (κ2) is 9.00. The van der Waals surface area contributed by atoms with Crippen LogP contribution >= 0.6 is 11.3 Å². The predicted octanol–water partition coefficient (Wildman–Crippen LogP) is 3.38. The molecule has 33 heavy (non-hydrogen) atoms. The topological polar surface area (TPSA) is 101 Å². The predicted molar refractivity (Wildman–Crippen MR) is 130 cm³/mol. The number of aromatic nitrogens is 2. The fraction of sp³-hybridized carbons (Fsp3) is 0.435. The number of amides is 1. The molecule has 10 heteroatoms. The van der Waals surface area contributed by atoms with Crippen LogP contribution in [0.1, 0.15) is 30.7 Å². The summed E-state index contributed by atoms with van der Waals surface area (Å²) in [6.07, 6.45) is 2.41. The Bertz CT molecular complexity index is 1350. The van der Waals surface area contributed by atoms with Crippen LogP contribution in [0.15, 0.2) is 40.3 Å². The molecule has 176 valence electrons. The van der Waals surface area contributed by atoms with Crippen LogP contribution in [-0.2, 0) is 21.4 Å². The lowest BCUT2D eigenvalue weighted by molar-refractivity contribution is -0.116. The Morgan fingerprint density at radius 1 is 1.15 bits per heavy atom. The van der Waals surface area contributed by atoms with Crippen molar-refractivity contribution in [3.8, 4) is 0 Å². The van der Waals surface area contributed by atoms with Crippen molar-refractivity contribution in [1.29, 1.82) is 0 Å². The van der Waals surface area contributed by atoms with Crippen LogP contribution in [0.2, 0.25) is 0 Å². The van der Waals surface area contributed by atoms with E-state index in [0.717, 1.165) is 16.9 Å². The van der Waals surface area contributed by atoms with Gasteiger partial charge in [-0.1, -0.05) is 13.8 Å². The van der Waals surface area contributed by atoms with Gasteiger partial charge in [-0.05, 0) is 61.9 Å². The van der Waals surface area contributed by atoms with Crippen LogP contribution in [-0.4, -0.2) is 41.3 Å². The molecule has 0 saturated carbocycles. The van der Waals surface area contributed by atoms with Crippen molar-refractivity contribution in [1.82, 2.24) is 13.9 Å². The molecule has 3 aromatic rings. The Morgan fingerprint density at radius 2 is 1.79 bits per heavy atom. The number of sulfonamides is 1. The summed E-state index contributed by atoms with van der Waals surface area (Å²) < 4.78 is 28.9. The minimum Gasteiger partial charge on any atom is -0.325 e. The molecule has 1 aliphatic rings. The normalized spacial score (nSPS) is 19.6. The van der Waals surface area contributed by atoms with Gasteiger partial charge in [0.2, 0.25) is 15.9 Å². The van der Waals surface area contributed by atoms with E-state index in [1.807, 2.05) is 13.8 Å². The number of benzene rings is 1. The van der Waals surface area contributed by atoms with Crippen molar-refractivity contribution in [2.75, 3.05) is 18.4 Å². The summed E-state index contributed by atoms with van der Waals surface area (Å²) in [5.41, 5.74) is 1.10. The number of rotatable bonds is 5. The second-order valence-electron chi connectivity index (χ2n) is 8.98. The summed E-state index contributed by atoms with van der Waals surface area (Å²) in [6, 6.07) is 6.15. The molecule has 1 amide bonds. The van der Waals surface area contributed by atoms with Gasteiger partial charge in [0.15, 0.2) is 0 Å². The third kappa shape index (κ3) is 4.73.